The van der Waals surface area contributed by atoms with E-state index in [0.29, 0.717) is 6.61 Å². The highest BCUT2D eigenvalue weighted by Crippen LogP contribution is 2.26. The van der Waals surface area contributed by atoms with Crippen molar-refractivity contribution in [2.24, 2.45) is 0 Å². The summed E-state index contributed by atoms with van der Waals surface area (Å²) in [5, 5.41) is 7.83. The molecule has 96 valence electrons. The van der Waals surface area contributed by atoms with Gasteiger partial charge in [0.1, 0.15) is 5.75 Å². The molecule has 18 heavy (non-hydrogen) atoms. The second-order valence-electron chi connectivity index (χ2n) is 4.05. The highest BCUT2D eigenvalue weighted by atomic mass is 32.1. The zero-order chi connectivity index (χ0) is 12.8. The van der Waals surface area contributed by atoms with Gasteiger partial charge in [0.25, 0.3) is 0 Å². The molecule has 1 heterocycles. The minimum Gasteiger partial charge on any atom is -0.494 e. The summed E-state index contributed by atoms with van der Waals surface area (Å²) in [7, 11) is 0. The SMILES string of the molecule is CCNC(c1ccsc1)c1cccc(OCC)c1. The lowest BCUT2D eigenvalue weighted by molar-refractivity contribution is 0.339. The van der Waals surface area contributed by atoms with Gasteiger partial charge in [-0.2, -0.15) is 11.3 Å². The summed E-state index contributed by atoms with van der Waals surface area (Å²) in [6.07, 6.45) is 0. The summed E-state index contributed by atoms with van der Waals surface area (Å²) in [5.41, 5.74) is 2.57. The van der Waals surface area contributed by atoms with E-state index in [1.807, 2.05) is 13.0 Å². The average molecular weight is 261 g/mol. The normalized spacial score (nSPS) is 12.3. The fourth-order valence-electron chi connectivity index (χ4n) is 2.02. The van der Waals surface area contributed by atoms with E-state index in [-0.39, 0.29) is 6.04 Å². The van der Waals surface area contributed by atoms with Crippen molar-refractivity contribution >= 4 is 11.3 Å². The Bertz CT molecular complexity index is 467. The molecule has 0 amide bonds. The highest BCUT2D eigenvalue weighted by Gasteiger charge is 2.13. The van der Waals surface area contributed by atoms with Crippen LogP contribution in [-0.2, 0) is 0 Å². The molecule has 0 aliphatic carbocycles. The minimum atomic E-state index is 0.252. The lowest BCUT2D eigenvalue weighted by Gasteiger charge is -2.18. The van der Waals surface area contributed by atoms with Gasteiger partial charge < -0.3 is 10.1 Å². The molecular formula is C15H19NOS. The Morgan fingerprint density at radius 1 is 1.22 bits per heavy atom. The van der Waals surface area contributed by atoms with Crippen LogP contribution in [0.4, 0.5) is 0 Å². The lowest BCUT2D eigenvalue weighted by atomic mass is 10.0. The molecule has 0 saturated carbocycles. The number of ether oxygens (including phenoxy) is 1. The van der Waals surface area contributed by atoms with Gasteiger partial charge in [0.2, 0.25) is 0 Å². The Hall–Kier alpha value is -1.32. The Kier molecular flexibility index (Phi) is 4.79. The van der Waals surface area contributed by atoms with Crippen molar-refractivity contribution in [2.45, 2.75) is 19.9 Å². The Morgan fingerprint density at radius 3 is 2.78 bits per heavy atom. The molecule has 2 rings (SSSR count). The molecule has 0 fully saturated rings. The minimum absolute atomic E-state index is 0.252. The maximum Gasteiger partial charge on any atom is 0.119 e. The average Bonchev–Trinajstić information content (AvgIpc) is 2.90. The van der Waals surface area contributed by atoms with Crippen LogP contribution in [-0.4, -0.2) is 13.2 Å². The number of hydrogen-bond acceptors (Lipinski definition) is 3. The summed E-state index contributed by atoms with van der Waals surface area (Å²) in [6.45, 7) is 5.78. The van der Waals surface area contributed by atoms with E-state index >= 15 is 0 Å². The summed E-state index contributed by atoms with van der Waals surface area (Å²) in [6, 6.07) is 10.7. The van der Waals surface area contributed by atoms with Gasteiger partial charge >= 0.3 is 0 Å². The fourth-order valence-corrected chi connectivity index (χ4v) is 2.71. The molecule has 2 nitrogen and oxygen atoms in total. The Morgan fingerprint density at radius 2 is 2.11 bits per heavy atom. The van der Waals surface area contributed by atoms with Gasteiger partial charge in [0.05, 0.1) is 12.6 Å². The van der Waals surface area contributed by atoms with Gasteiger partial charge in [-0.3, -0.25) is 0 Å². The third-order valence-corrected chi connectivity index (χ3v) is 3.49. The lowest BCUT2D eigenvalue weighted by Crippen LogP contribution is -2.21. The van der Waals surface area contributed by atoms with Crippen LogP contribution >= 0.6 is 11.3 Å². The topological polar surface area (TPSA) is 21.3 Å². The van der Waals surface area contributed by atoms with Crippen LogP contribution < -0.4 is 10.1 Å². The van der Waals surface area contributed by atoms with Gasteiger partial charge in [-0.1, -0.05) is 19.1 Å². The molecule has 1 atom stereocenters. The Labute approximate surface area is 113 Å². The van der Waals surface area contributed by atoms with E-state index in [2.05, 4.69) is 47.3 Å². The molecule has 1 unspecified atom stereocenters. The molecule has 0 spiro atoms. The number of hydrogen-bond donors (Lipinski definition) is 1. The van der Waals surface area contributed by atoms with Crippen molar-refractivity contribution in [3.8, 4) is 5.75 Å². The standard InChI is InChI=1S/C15H19NOS/c1-3-16-15(13-8-9-18-11-13)12-6-5-7-14(10-12)17-4-2/h5-11,15-16H,3-4H2,1-2H3. The molecule has 1 N–H and O–H groups in total. The number of nitrogens with one attached hydrogen (secondary N) is 1. The first-order valence-electron chi connectivity index (χ1n) is 6.33. The van der Waals surface area contributed by atoms with E-state index < -0.39 is 0 Å². The van der Waals surface area contributed by atoms with Crippen LogP contribution in [0.25, 0.3) is 0 Å². The maximum atomic E-state index is 5.57. The maximum absolute atomic E-state index is 5.57. The smallest absolute Gasteiger partial charge is 0.119 e. The van der Waals surface area contributed by atoms with Crippen LogP contribution in [0.2, 0.25) is 0 Å². The highest BCUT2D eigenvalue weighted by molar-refractivity contribution is 7.08. The quantitative estimate of drug-likeness (QED) is 0.853. The molecule has 0 aliphatic heterocycles. The third-order valence-electron chi connectivity index (χ3n) is 2.79. The molecule has 1 aromatic heterocycles. The molecule has 0 aliphatic rings. The van der Waals surface area contributed by atoms with Crippen LogP contribution in [0.1, 0.15) is 31.0 Å². The predicted octanol–water partition coefficient (Wildman–Crippen LogP) is 3.85. The molecule has 1 aromatic carbocycles. The van der Waals surface area contributed by atoms with Crippen molar-refractivity contribution in [3.05, 3.63) is 52.2 Å². The van der Waals surface area contributed by atoms with Gasteiger partial charge in [0, 0.05) is 0 Å². The van der Waals surface area contributed by atoms with E-state index in [1.54, 1.807) is 11.3 Å². The monoisotopic (exact) mass is 261 g/mol. The molecular weight excluding hydrogens is 242 g/mol. The summed E-state index contributed by atoms with van der Waals surface area (Å²) in [5.74, 6) is 0.938. The van der Waals surface area contributed by atoms with Crippen LogP contribution in [0.15, 0.2) is 41.1 Å². The van der Waals surface area contributed by atoms with Crippen molar-refractivity contribution < 1.29 is 4.74 Å². The van der Waals surface area contributed by atoms with Crippen molar-refractivity contribution in [1.29, 1.82) is 0 Å². The van der Waals surface area contributed by atoms with Gasteiger partial charge in [-0.05, 0) is 53.6 Å². The van der Waals surface area contributed by atoms with Crippen molar-refractivity contribution in [2.75, 3.05) is 13.2 Å². The van der Waals surface area contributed by atoms with Crippen LogP contribution in [0.3, 0.4) is 0 Å². The molecule has 0 radical (unpaired) electrons. The van der Waals surface area contributed by atoms with Gasteiger partial charge in [0.15, 0.2) is 0 Å². The van der Waals surface area contributed by atoms with Crippen molar-refractivity contribution in [1.82, 2.24) is 5.32 Å². The first kappa shape index (κ1) is 13.1. The number of rotatable bonds is 6. The molecule has 0 bridgehead atoms. The summed E-state index contributed by atoms with van der Waals surface area (Å²) >= 11 is 1.73. The zero-order valence-electron chi connectivity index (χ0n) is 10.8. The largest absolute Gasteiger partial charge is 0.494 e. The Balaban J connectivity index is 2.27. The van der Waals surface area contributed by atoms with Crippen molar-refractivity contribution in [3.63, 3.8) is 0 Å². The van der Waals surface area contributed by atoms with E-state index in [4.69, 9.17) is 4.74 Å². The second-order valence-corrected chi connectivity index (χ2v) is 4.83. The van der Waals surface area contributed by atoms with E-state index in [9.17, 15) is 0 Å². The number of benzene rings is 1. The zero-order valence-corrected chi connectivity index (χ0v) is 11.7. The summed E-state index contributed by atoms with van der Waals surface area (Å²) in [4.78, 5) is 0. The van der Waals surface area contributed by atoms with Gasteiger partial charge in [-0.25, -0.2) is 0 Å². The molecule has 3 heteroatoms. The van der Waals surface area contributed by atoms with E-state index in [0.717, 1.165) is 12.3 Å². The summed E-state index contributed by atoms with van der Waals surface area (Å²) < 4.78 is 5.57. The van der Waals surface area contributed by atoms with E-state index in [1.165, 1.54) is 11.1 Å². The first-order valence-corrected chi connectivity index (χ1v) is 7.27. The fraction of sp³-hybridized carbons (Fsp3) is 0.333. The predicted molar refractivity (Wildman–Crippen MR) is 77.4 cm³/mol. The number of thiophene rings is 1. The first-order chi connectivity index (χ1) is 8.85. The second kappa shape index (κ2) is 6.57. The van der Waals surface area contributed by atoms with Gasteiger partial charge in [-0.15, -0.1) is 0 Å². The third kappa shape index (κ3) is 3.12. The molecule has 2 aromatic rings. The molecule has 0 saturated heterocycles. The van der Waals surface area contributed by atoms with Crippen LogP contribution in [0.5, 0.6) is 5.75 Å². The van der Waals surface area contributed by atoms with Crippen LogP contribution in [0, 0.1) is 0 Å².